The highest BCUT2D eigenvalue weighted by Crippen LogP contribution is 2.42. The second kappa shape index (κ2) is 11.7. The smallest absolute Gasteiger partial charge is 0.193 e. The Labute approximate surface area is 199 Å². The summed E-state index contributed by atoms with van der Waals surface area (Å²) in [6, 6.07) is 0. The zero-order valence-electron chi connectivity index (χ0n) is 18.9. The van der Waals surface area contributed by atoms with Crippen molar-refractivity contribution < 1.29 is 0 Å². The molecule has 0 amide bonds. The number of nitrogens with one attached hydrogen (secondary N) is 1. The minimum Gasteiger partial charge on any atom is -0.356 e. The van der Waals surface area contributed by atoms with E-state index in [4.69, 9.17) is 0 Å². The van der Waals surface area contributed by atoms with Gasteiger partial charge in [0.1, 0.15) is 11.6 Å². The van der Waals surface area contributed by atoms with Crippen LogP contribution >= 0.6 is 24.0 Å². The number of piperidine rings is 1. The maximum absolute atomic E-state index is 4.63. The minimum absolute atomic E-state index is 0. The van der Waals surface area contributed by atoms with E-state index in [2.05, 4.69) is 30.0 Å². The number of rotatable bonds is 4. The summed E-state index contributed by atoms with van der Waals surface area (Å²) in [6.07, 6.45) is 18.3. The number of hydrogen-bond acceptors (Lipinski definition) is 3. The van der Waals surface area contributed by atoms with Gasteiger partial charge in [0, 0.05) is 46.1 Å². The summed E-state index contributed by atoms with van der Waals surface area (Å²) >= 11 is 0. The number of likely N-dealkylation sites (tertiary alicyclic amines) is 1. The molecule has 30 heavy (non-hydrogen) atoms. The molecule has 4 rings (SSSR count). The van der Waals surface area contributed by atoms with Crippen molar-refractivity contribution >= 4 is 29.9 Å². The number of halogens is 1. The Hall–Kier alpha value is -0.860. The highest BCUT2D eigenvalue weighted by atomic mass is 127. The third-order valence-corrected chi connectivity index (χ3v) is 7.38. The molecule has 1 aromatic heterocycles. The van der Waals surface area contributed by atoms with Crippen LogP contribution in [0.1, 0.15) is 88.7 Å². The third-order valence-electron chi connectivity index (χ3n) is 7.38. The molecule has 1 spiro atoms. The molecule has 1 aliphatic carbocycles. The van der Waals surface area contributed by atoms with Crippen molar-refractivity contribution in [2.75, 3.05) is 26.7 Å². The van der Waals surface area contributed by atoms with Crippen molar-refractivity contribution in [3.8, 4) is 0 Å². The Bertz CT molecular complexity index is 677. The minimum atomic E-state index is 0. The third kappa shape index (κ3) is 5.88. The number of nitrogens with zero attached hydrogens (tertiary/aromatic N) is 5. The Balaban J connectivity index is 0.00000256. The van der Waals surface area contributed by atoms with Gasteiger partial charge >= 0.3 is 0 Å². The molecule has 6 nitrogen and oxygen atoms in total. The number of aryl methyl sites for hydroxylation is 2. The second-order valence-corrected chi connectivity index (χ2v) is 9.51. The summed E-state index contributed by atoms with van der Waals surface area (Å²) in [6.45, 7) is 4.41. The summed E-state index contributed by atoms with van der Waals surface area (Å²) in [5.41, 5.74) is 0.547. The maximum atomic E-state index is 4.63. The SMILES string of the molecule is CN=C(NCCCc1nnc2n1CCCCC2)N1CCCC2(CCCCCC2)C1.I. The predicted octanol–water partition coefficient (Wildman–Crippen LogP) is 4.57. The van der Waals surface area contributed by atoms with Gasteiger partial charge in [0.2, 0.25) is 0 Å². The zero-order chi connectivity index (χ0) is 19.9. The van der Waals surface area contributed by atoms with Gasteiger partial charge in [0.05, 0.1) is 0 Å². The fourth-order valence-corrected chi connectivity index (χ4v) is 5.78. The summed E-state index contributed by atoms with van der Waals surface area (Å²) in [5, 5.41) is 12.6. The lowest BCUT2D eigenvalue weighted by Gasteiger charge is -2.44. The molecule has 2 aliphatic heterocycles. The van der Waals surface area contributed by atoms with Crippen LogP contribution in [0.3, 0.4) is 0 Å². The van der Waals surface area contributed by atoms with Crippen LogP contribution in [0, 0.1) is 5.41 Å². The van der Waals surface area contributed by atoms with E-state index in [1.54, 1.807) is 0 Å². The van der Waals surface area contributed by atoms with Crippen LogP contribution in [-0.4, -0.2) is 52.3 Å². The highest BCUT2D eigenvalue weighted by molar-refractivity contribution is 14.0. The first-order chi connectivity index (χ1) is 14.3. The molecule has 1 aromatic rings. The average Bonchev–Trinajstić information content (AvgIpc) is 2.91. The summed E-state index contributed by atoms with van der Waals surface area (Å²) in [5.74, 6) is 3.48. The van der Waals surface area contributed by atoms with Crippen molar-refractivity contribution in [3.05, 3.63) is 11.6 Å². The molecule has 1 saturated carbocycles. The van der Waals surface area contributed by atoms with Gasteiger partial charge < -0.3 is 14.8 Å². The van der Waals surface area contributed by atoms with Crippen molar-refractivity contribution in [2.45, 2.75) is 96.4 Å². The van der Waals surface area contributed by atoms with Gasteiger partial charge in [-0.25, -0.2) is 0 Å². The van der Waals surface area contributed by atoms with E-state index < -0.39 is 0 Å². The van der Waals surface area contributed by atoms with Gasteiger partial charge in [-0.15, -0.1) is 34.2 Å². The van der Waals surface area contributed by atoms with Gasteiger partial charge in [0.15, 0.2) is 5.96 Å². The van der Waals surface area contributed by atoms with E-state index in [9.17, 15) is 0 Å². The number of guanidine groups is 1. The lowest BCUT2D eigenvalue weighted by molar-refractivity contribution is 0.115. The standard InChI is InChI=1S/C23H40N6.HI/c1-24-22(28-17-10-15-23(19-28)13-6-2-3-7-14-23)25-16-9-12-21-27-26-20-11-5-4-8-18-29(20)21;/h2-19H2,1H3,(H,24,25);1H. The number of hydrogen-bond donors (Lipinski definition) is 1. The fourth-order valence-electron chi connectivity index (χ4n) is 5.78. The highest BCUT2D eigenvalue weighted by Gasteiger charge is 2.36. The zero-order valence-corrected chi connectivity index (χ0v) is 21.2. The molecule has 3 heterocycles. The largest absolute Gasteiger partial charge is 0.356 e. The molecule has 0 radical (unpaired) electrons. The summed E-state index contributed by atoms with van der Waals surface area (Å²) < 4.78 is 2.38. The van der Waals surface area contributed by atoms with E-state index in [-0.39, 0.29) is 24.0 Å². The molecule has 0 unspecified atom stereocenters. The van der Waals surface area contributed by atoms with Crippen LogP contribution in [0.5, 0.6) is 0 Å². The van der Waals surface area contributed by atoms with E-state index in [1.165, 1.54) is 88.8 Å². The molecule has 170 valence electrons. The predicted molar refractivity (Wildman–Crippen MR) is 134 cm³/mol. The molecule has 0 aromatic carbocycles. The van der Waals surface area contributed by atoms with Gasteiger partial charge in [-0.1, -0.05) is 32.1 Å². The number of aliphatic imine (C=N–C) groups is 1. The van der Waals surface area contributed by atoms with E-state index in [0.29, 0.717) is 5.41 Å². The van der Waals surface area contributed by atoms with Crippen LogP contribution in [-0.2, 0) is 19.4 Å². The van der Waals surface area contributed by atoms with Crippen LogP contribution < -0.4 is 5.32 Å². The van der Waals surface area contributed by atoms with Gasteiger partial charge in [-0.3, -0.25) is 4.99 Å². The van der Waals surface area contributed by atoms with Crippen molar-refractivity contribution in [3.63, 3.8) is 0 Å². The molecule has 0 bridgehead atoms. The molecule has 2 fully saturated rings. The monoisotopic (exact) mass is 528 g/mol. The maximum Gasteiger partial charge on any atom is 0.193 e. The van der Waals surface area contributed by atoms with Gasteiger partial charge in [-0.05, 0) is 50.4 Å². The summed E-state index contributed by atoms with van der Waals surface area (Å²) in [4.78, 5) is 7.17. The number of aromatic nitrogens is 3. The molecule has 7 heteroatoms. The van der Waals surface area contributed by atoms with Crippen molar-refractivity contribution in [1.29, 1.82) is 0 Å². The first-order valence-corrected chi connectivity index (χ1v) is 12.2. The average molecular weight is 529 g/mol. The lowest BCUT2D eigenvalue weighted by Crippen LogP contribution is -2.50. The van der Waals surface area contributed by atoms with Crippen molar-refractivity contribution in [1.82, 2.24) is 25.0 Å². The number of fused-ring (bicyclic) bond motifs is 1. The van der Waals surface area contributed by atoms with Crippen LogP contribution in [0.25, 0.3) is 0 Å². The molecule has 1 saturated heterocycles. The Morgan fingerprint density at radius 3 is 2.53 bits per heavy atom. The molecular weight excluding hydrogens is 487 g/mol. The van der Waals surface area contributed by atoms with Gasteiger partial charge in [0.25, 0.3) is 0 Å². The fraction of sp³-hybridized carbons (Fsp3) is 0.870. The Kier molecular flexibility index (Phi) is 9.26. The normalized spacial score (nSPS) is 22.0. The van der Waals surface area contributed by atoms with Gasteiger partial charge in [-0.2, -0.15) is 0 Å². The van der Waals surface area contributed by atoms with E-state index >= 15 is 0 Å². The first kappa shape index (κ1) is 23.8. The lowest BCUT2D eigenvalue weighted by atomic mass is 9.74. The van der Waals surface area contributed by atoms with Crippen molar-refractivity contribution in [2.24, 2.45) is 10.4 Å². The molecule has 3 aliphatic rings. The molecule has 0 atom stereocenters. The van der Waals surface area contributed by atoms with Crippen LogP contribution in [0.2, 0.25) is 0 Å². The quantitative estimate of drug-likeness (QED) is 0.269. The molecule has 1 N–H and O–H groups in total. The van der Waals surface area contributed by atoms with E-state index in [1.807, 2.05) is 7.05 Å². The second-order valence-electron chi connectivity index (χ2n) is 9.51. The van der Waals surface area contributed by atoms with Crippen LogP contribution in [0.15, 0.2) is 4.99 Å². The van der Waals surface area contributed by atoms with Crippen LogP contribution in [0.4, 0.5) is 0 Å². The Morgan fingerprint density at radius 1 is 0.967 bits per heavy atom. The molecular formula is C23H41IN6. The summed E-state index contributed by atoms with van der Waals surface area (Å²) in [7, 11) is 1.94. The first-order valence-electron chi connectivity index (χ1n) is 12.2. The topological polar surface area (TPSA) is 58.3 Å². The Morgan fingerprint density at radius 2 is 1.73 bits per heavy atom. The van der Waals surface area contributed by atoms with E-state index in [0.717, 1.165) is 44.9 Å².